The lowest BCUT2D eigenvalue weighted by Gasteiger charge is -2.29. The van der Waals surface area contributed by atoms with Crippen LogP contribution in [-0.2, 0) is 4.79 Å². The molecule has 144 valence electrons. The Balaban J connectivity index is 1.50. The van der Waals surface area contributed by atoms with E-state index in [1.807, 2.05) is 0 Å². The molecule has 2 aromatic rings. The summed E-state index contributed by atoms with van der Waals surface area (Å²) in [6.07, 6.45) is 4.35. The van der Waals surface area contributed by atoms with Crippen molar-refractivity contribution in [1.29, 1.82) is 0 Å². The Kier molecular flexibility index (Phi) is 6.68. The topological polar surface area (TPSA) is 102 Å². The number of hydrogen-bond acceptors (Lipinski definition) is 6. The van der Waals surface area contributed by atoms with Gasteiger partial charge in [0.1, 0.15) is 0 Å². The third-order valence-electron chi connectivity index (χ3n) is 4.53. The molecule has 3 amide bonds. The van der Waals surface area contributed by atoms with Gasteiger partial charge < -0.3 is 5.32 Å². The number of nitrogens with zero attached hydrogens (tertiary/aromatic N) is 4. The molecule has 1 aliphatic rings. The van der Waals surface area contributed by atoms with Gasteiger partial charge in [-0.25, -0.2) is 4.79 Å². The highest BCUT2D eigenvalue weighted by Crippen LogP contribution is 2.23. The first-order valence-electron chi connectivity index (χ1n) is 8.80. The van der Waals surface area contributed by atoms with Gasteiger partial charge in [0.05, 0.1) is 11.4 Å². The number of tetrazole rings is 1. The number of amides is 3. The van der Waals surface area contributed by atoms with Crippen molar-refractivity contribution in [1.82, 2.24) is 30.8 Å². The maximum atomic E-state index is 12.1. The molecule has 1 saturated carbocycles. The molecule has 1 aromatic carbocycles. The average molecular weight is 409 g/mol. The Bertz CT molecular complexity index is 797. The van der Waals surface area contributed by atoms with Crippen molar-refractivity contribution in [3.63, 3.8) is 0 Å². The van der Waals surface area contributed by atoms with Crippen molar-refractivity contribution in [3.8, 4) is 5.69 Å². The minimum absolute atomic E-state index is 0.0294. The summed E-state index contributed by atoms with van der Waals surface area (Å²) in [6.45, 7) is 2.12. The number of halogens is 1. The third-order valence-corrected chi connectivity index (χ3v) is 5.70. The molecular formula is C17H21ClN6O2S. The van der Waals surface area contributed by atoms with E-state index in [9.17, 15) is 9.59 Å². The van der Waals surface area contributed by atoms with E-state index in [0.29, 0.717) is 16.1 Å². The van der Waals surface area contributed by atoms with Crippen LogP contribution in [-0.4, -0.2) is 43.9 Å². The Morgan fingerprint density at radius 1 is 1.26 bits per heavy atom. The van der Waals surface area contributed by atoms with Crippen molar-refractivity contribution in [2.24, 2.45) is 5.92 Å². The molecule has 10 heteroatoms. The van der Waals surface area contributed by atoms with Crippen molar-refractivity contribution < 1.29 is 9.59 Å². The number of aromatic nitrogens is 4. The maximum absolute atomic E-state index is 12.1. The molecule has 2 N–H and O–H groups in total. The molecule has 0 spiro atoms. The number of urea groups is 1. The zero-order valence-electron chi connectivity index (χ0n) is 14.9. The monoisotopic (exact) mass is 408 g/mol. The van der Waals surface area contributed by atoms with Crippen LogP contribution in [0, 0.1) is 5.92 Å². The molecule has 1 aliphatic carbocycles. The van der Waals surface area contributed by atoms with E-state index in [2.05, 4.69) is 33.1 Å². The van der Waals surface area contributed by atoms with Crippen LogP contribution in [0.15, 0.2) is 29.4 Å². The molecule has 3 rings (SSSR count). The minimum atomic E-state index is -0.448. The lowest BCUT2D eigenvalue weighted by atomic mass is 9.86. The van der Waals surface area contributed by atoms with Crippen LogP contribution in [0.4, 0.5) is 4.79 Å². The van der Waals surface area contributed by atoms with Crippen LogP contribution in [0.2, 0.25) is 5.02 Å². The molecule has 1 heterocycles. The standard InChI is InChI=1S/C17H21ClN6O2S/c1-11-4-2-3-5-14(11)19-16(26)20-15(25)10-27-17-21-22-23-24(17)13-8-6-12(18)7-9-13/h6-9,11,14H,2-5,10H2,1H3,(H2,19,20,25,26)/t11-,14-/m0/s1. The lowest BCUT2D eigenvalue weighted by Crippen LogP contribution is -2.48. The Hall–Kier alpha value is -2.13. The molecular weight excluding hydrogens is 388 g/mol. The van der Waals surface area contributed by atoms with E-state index in [4.69, 9.17) is 11.6 Å². The highest BCUT2D eigenvalue weighted by atomic mass is 35.5. The summed E-state index contributed by atoms with van der Waals surface area (Å²) in [5, 5.41) is 17.8. The summed E-state index contributed by atoms with van der Waals surface area (Å²) >= 11 is 7.04. The lowest BCUT2D eigenvalue weighted by molar-refractivity contribution is -0.117. The van der Waals surface area contributed by atoms with Crippen LogP contribution >= 0.6 is 23.4 Å². The Labute approximate surface area is 166 Å². The van der Waals surface area contributed by atoms with E-state index in [1.165, 1.54) is 11.1 Å². The van der Waals surface area contributed by atoms with Gasteiger partial charge in [0.2, 0.25) is 11.1 Å². The highest BCUT2D eigenvalue weighted by Gasteiger charge is 2.23. The highest BCUT2D eigenvalue weighted by molar-refractivity contribution is 7.99. The fraction of sp³-hybridized carbons (Fsp3) is 0.471. The summed E-state index contributed by atoms with van der Waals surface area (Å²) in [5.41, 5.74) is 0.733. The normalized spacial score (nSPS) is 19.5. The number of nitrogens with one attached hydrogen (secondary N) is 2. The Morgan fingerprint density at radius 2 is 2.00 bits per heavy atom. The molecule has 0 saturated heterocycles. The van der Waals surface area contributed by atoms with Crippen molar-refractivity contribution in [3.05, 3.63) is 29.3 Å². The first-order chi connectivity index (χ1) is 13.0. The van der Waals surface area contributed by atoms with Crippen molar-refractivity contribution in [2.75, 3.05) is 5.75 Å². The predicted molar refractivity (Wildman–Crippen MR) is 103 cm³/mol. The second-order valence-electron chi connectivity index (χ2n) is 6.53. The van der Waals surface area contributed by atoms with E-state index in [1.54, 1.807) is 24.3 Å². The second-order valence-corrected chi connectivity index (χ2v) is 7.91. The van der Waals surface area contributed by atoms with Crippen LogP contribution in [0.1, 0.15) is 32.6 Å². The zero-order chi connectivity index (χ0) is 19.2. The molecule has 2 atom stereocenters. The molecule has 1 fully saturated rings. The smallest absolute Gasteiger partial charge is 0.321 e. The first-order valence-corrected chi connectivity index (χ1v) is 10.2. The number of hydrogen-bond donors (Lipinski definition) is 2. The number of imide groups is 1. The summed E-state index contributed by atoms with van der Waals surface area (Å²) in [5.74, 6) is 0.0614. The average Bonchev–Trinajstić information content (AvgIpc) is 3.11. The Morgan fingerprint density at radius 3 is 2.74 bits per heavy atom. The van der Waals surface area contributed by atoms with Gasteiger partial charge in [-0.05, 0) is 53.5 Å². The van der Waals surface area contributed by atoms with Crippen LogP contribution < -0.4 is 10.6 Å². The number of carbonyl (C=O) groups excluding carboxylic acids is 2. The van der Waals surface area contributed by atoms with Gasteiger partial charge in [0, 0.05) is 11.1 Å². The summed E-state index contributed by atoms with van der Waals surface area (Å²) in [6, 6.07) is 6.70. The molecule has 0 aliphatic heterocycles. The number of carbonyl (C=O) groups is 2. The molecule has 0 radical (unpaired) electrons. The van der Waals surface area contributed by atoms with E-state index < -0.39 is 11.9 Å². The van der Waals surface area contributed by atoms with Crippen molar-refractivity contribution in [2.45, 2.75) is 43.8 Å². The van der Waals surface area contributed by atoms with Crippen LogP contribution in [0.5, 0.6) is 0 Å². The molecule has 0 unspecified atom stereocenters. The maximum Gasteiger partial charge on any atom is 0.321 e. The van der Waals surface area contributed by atoms with Gasteiger partial charge in [-0.15, -0.1) is 5.10 Å². The summed E-state index contributed by atoms with van der Waals surface area (Å²) in [4.78, 5) is 24.1. The van der Waals surface area contributed by atoms with E-state index in [-0.39, 0.29) is 11.8 Å². The predicted octanol–water partition coefficient (Wildman–Crippen LogP) is 2.81. The third kappa shape index (κ3) is 5.43. The molecule has 8 nitrogen and oxygen atoms in total. The van der Waals surface area contributed by atoms with Gasteiger partial charge in [0.15, 0.2) is 0 Å². The first kappa shape index (κ1) is 19.6. The summed E-state index contributed by atoms with van der Waals surface area (Å²) in [7, 11) is 0. The fourth-order valence-electron chi connectivity index (χ4n) is 3.04. The quantitative estimate of drug-likeness (QED) is 0.737. The number of benzene rings is 1. The van der Waals surface area contributed by atoms with Gasteiger partial charge in [-0.3, -0.25) is 10.1 Å². The van der Waals surface area contributed by atoms with Crippen molar-refractivity contribution >= 4 is 35.3 Å². The number of thioether (sulfide) groups is 1. The van der Waals surface area contributed by atoms with Crippen LogP contribution in [0.25, 0.3) is 5.69 Å². The van der Waals surface area contributed by atoms with E-state index in [0.717, 1.165) is 36.7 Å². The van der Waals surface area contributed by atoms with Crippen LogP contribution in [0.3, 0.4) is 0 Å². The van der Waals surface area contributed by atoms with Gasteiger partial charge in [0.25, 0.3) is 0 Å². The van der Waals surface area contributed by atoms with Gasteiger partial charge in [-0.2, -0.15) is 4.68 Å². The minimum Gasteiger partial charge on any atom is -0.335 e. The van der Waals surface area contributed by atoms with E-state index >= 15 is 0 Å². The fourth-order valence-corrected chi connectivity index (χ4v) is 3.86. The number of rotatable bonds is 5. The largest absolute Gasteiger partial charge is 0.335 e. The zero-order valence-corrected chi connectivity index (χ0v) is 16.5. The SMILES string of the molecule is C[C@H]1CCCC[C@@H]1NC(=O)NC(=O)CSc1nnnn1-c1ccc(Cl)cc1. The molecule has 27 heavy (non-hydrogen) atoms. The molecule has 0 bridgehead atoms. The molecule has 1 aromatic heterocycles. The van der Waals surface area contributed by atoms with Gasteiger partial charge in [-0.1, -0.05) is 43.1 Å². The summed E-state index contributed by atoms with van der Waals surface area (Å²) < 4.78 is 1.51. The van der Waals surface area contributed by atoms with Gasteiger partial charge >= 0.3 is 6.03 Å². The second kappa shape index (κ2) is 9.18.